The molecule has 0 atom stereocenters. The third kappa shape index (κ3) is 2.08. The molecule has 0 radical (unpaired) electrons. The van der Waals surface area contributed by atoms with Crippen LogP contribution in [-0.2, 0) is 10.2 Å². The first-order valence-electron chi connectivity index (χ1n) is 5.84. The molecule has 0 aliphatic carbocycles. The predicted octanol–water partition coefficient (Wildman–Crippen LogP) is 3.89. The second kappa shape index (κ2) is 5.11. The van der Waals surface area contributed by atoms with Gasteiger partial charge in [-0.3, -0.25) is 4.79 Å². The molecule has 1 aromatic carbocycles. The zero-order chi connectivity index (χ0) is 12.2. The minimum Gasteiger partial charge on any atom is -0.294 e. The number of hydrogen-bond acceptors (Lipinski definition) is 1. The Morgan fingerprint density at radius 1 is 1.19 bits per heavy atom. The van der Waals surface area contributed by atoms with E-state index in [2.05, 4.69) is 20.4 Å². The van der Waals surface area contributed by atoms with Crippen molar-refractivity contribution in [3.8, 4) is 0 Å². The molecule has 0 amide bonds. The molecule has 0 heterocycles. The molecular weight excluding hydrogens is 196 g/mol. The third-order valence-electron chi connectivity index (χ3n) is 3.36. The topological polar surface area (TPSA) is 17.1 Å². The average Bonchev–Trinajstić information content (AvgIpc) is 2.32. The van der Waals surface area contributed by atoms with Crippen molar-refractivity contribution in [3.05, 3.63) is 48.0 Å². The summed E-state index contributed by atoms with van der Waals surface area (Å²) < 4.78 is 0. The fourth-order valence-corrected chi connectivity index (χ4v) is 2.28. The number of carbonyl (C=O) groups is 1. The average molecular weight is 216 g/mol. The van der Waals surface area contributed by atoms with Crippen LogP contribution in [0.1, 0.15) is 39.2 Å². The zero-order valence-electron chi connectivity index (χ0n) is 10.4. The Labute approximate surface area is 98.2 Å². The molecule has 0 N–H and O–H groups in total. The summed E-state index contributed by atoms with van der Waals surface area (Å²) in [6.07, 6.45) is 1.64. The lowest BCUT2D eigenvalue weighted by Gasteiger charge is -2.31. The van der Waals surface area contributed by atoms with E-state index in [9.17, 15) is 4.79 Å². The molecule has 0 aliphatic rings. The molecule has 1 nitrogen and oxygen atoms in total. The summed E-state index contributed by atoms with van der Waals surface area (Å²) in [6, 6.07) is 10.0. The van der Waals surface area contributed by atoms with Crippen molar-refractivity contribution in [2.24, 2.45) is 0 Å². The van der Waals surface area contributed by atoms with Gasteiger partial charge in [-0.15, -0.1) is 0 Å². The fraction of sp³-hybridized carbons (Fsp3) is 0.400. The van der Waals surface area contributed by atoms with Gasteiger partial charge in [-0.1, -0.05) is 50.8 Å². The summed E-state index contributed by atoms with van der Waals surface area (Å²) in [6.45, 7) is 9.72. The quantitative estimate of drug-likeness (QED) is 0.682. The van der Waals surface area contributed by atoms with Crippen LogP contribution in [0.5, 0.6) is 0 Å². The fourth-order valence-electron chi connectivity index (χ4n) is 2.28. The Morgan fingerprint density at radius 3 is 2.06 bits per heavy atom. The summed E-state index contributed by atoms with van der Waals surface area (Å²) in [7, 11) is 0. The lowest BCUT2D eigenvalue weighted by molar-refractivity contribution is -0.121. The van der Waals surface area contributed by atoms with Gasteiger partial charge in [0.05, 0.1) is 5.41 Å². The van der Waals surface area contributed by atoms with E-state index in [1.165, 1.54) is 0 Å². The molecule has 0 fully saturated rings. The van der Waals surface area contributed by atoms with Crippen molar-refractivity contribution in [3.63, 3.8) is 0 Å². The smallest absolute Gasteiger partial charge is 0.168 e. The number of ketones is 1. The highest BCUT2D eigenvalue weighted by Gasteiger charge is 2.36. The number of allylic oxidation sites excluding steroid dienone is 1. The maximum absolute atomic E-state index is 12.3. The summed E-state index contributed by atoms with van der Waals surface area (Å²) in [4.78, 5) is 12.3. The highest BCUT2D eigenvalue weighted by Crippen LogP contribution is 2.34. The Kier molecular flexibility index (Phi) is 4.05. The Morgan fingerprint density at radius 2 is 1.69 bits per heavy atom. The minimum atomic E-state index is -0.382. The van der Waals surface area contributed by atoms with E-state index < -0.39 is 0 Å². The van der Waals surface area contributed by atoms with Gasteiger partial charge in [0.15, 0.2) is 5.78 Å². The molecule has 0 saturated carbocycles. The summed E-state index contributed by atoms with van der Waals surface area (Å²) in [5.74, 6) is 0.170. The number of benzene rings is 1. The van der Waals surface area contributed by atoms with Gasteiger partial charge in [-0.25, -0.2) is 0 Å². The molecule has 1 heteroatoms. The van der Waals surface area contributed by atoms with Crippen LogP contribution < -0.4 is 0 Å². The van der Waals surface area contributed by atoms with Gasteiger partial charge in [-0.2, -0.15) is 0 Å². The maximum atomic E-state index is 12.3. The lowest BCUT2D eigenvalue weighted by Crippen LogP contribution is -2.35. The SMILES string of the molecule is C=C(C)C(=O)C(CC)(CC)c1ccccc1. The highest BCUT2D eigenvalue weighted by molar-refractivity contribution is 6.02. The Bertz CT molecular complexity index is 372. The van der Waals surface area contributed by atoms with Gasteiger partial charge < -0.3 is 0 Å². The van der Waals surface area contributed by atoms with Gasteiger partial charge in [0, 0.05) is 0 Å². The molecule has 0 spiro atoms. The van der Waals surface area contributed by atoms with Crippen LogP contribution in [0.3, 0.4) is 0 Å². The number of carbonyl (C=O) groups excluding carboxylic acids is 1. The lowest BCUT2D eigenvalue weighted by atomic mass is 9.71. The highest BCUT2D eigenvalue weighted by atomic mass is 16.1. The number of rotatable bonds is 5. The molecule has 16 heavy (non-hydrogen) atoms. The van der Waals surface area contributed by atoms with Crippen LogP contribution in [0.15, 0.2) is 42.5 Å². The predicted molar refractivity (Wildman–Crippen MR) is 68.5 cm³/mol. The molecular formula is C15H20O. The molecule has 0 bridgehead atoms. The Balaban J connectivity index is 3.26. The van der Waals surface area contributed by atoms with Crippen LogP contribution in [0.2, 0.25) is 0 Å². The molecule has 0 aromatic heterocycles. The maximum Gasteiger partial charge on any atom is 0.168 e. The van der Waals surface area contributed by atoms with Crippen molar-refractivity contribution in [1.82, 2.24) is 0 Å². The minimum absolute atomic E-state index is 0.170. The first kappa shape index (κ1) is 12.7. The normalized spacial score (nSPS) is 11.2. The standard InChI is InChI=1S/C15H20O/c1-5-15(6-2,14(16)12(3)4)13-10-8-7-9-11-13/h7-11H,3,5-6H2,1-2,4H3. The van der Waals surface area contributed by atoms with Crippen molar-refractivity contribution in [2.45, 2.75) is 39.0 Å². The van der Waals surface area contributed by atoms with Crippen LogP contribution in [0.25, 0.3) is 0 Å². The van der Waals surface area contributed by atoms with E-state index in [1.54, 1.807) is 6.92 Å². The van der Waals surface area contributed by atoms with E-state index in [0.29, 0.717) is 5.57 Å². The number of Topliss-reactive ketones (excluding diaryl/α,β-unsaturated/α-hetero) is 1. The van der Waals surface area contributed by atoms with Crippen molar-refractivity contribution < 1.29 is 4.79 Å². The van der Waals surface area contributed by atoms with Crippen molar-refractivity contribution in [1.29, 1.82) is 0 Å². The second-order valence-electron chi connectivity index (χ2n) is 4.26. The first-order valence-corrected chi connectivity index (χ1v) is 5.84. The molecule has 1 rings (SSSR count). The molecule has 1 aromatic rings. The van der Waals surface area contributed by atoms with Gasteiger partial charge in [0.25, 0.3) is 0 Å². The molecule has 0 unspecified atom stereocenters. The summed E-state index contributed by atoms with van der Waals surface area (Å²) in [5.41, 5.74) is 1.37. The van der Waals surface area contributed by atoms with E-state index in [1.807, 2.05) is 30.3 Å². The van der Waals surface area contributed by atoms with E-state index in [4.69, 9.17) is 0 Å². The third-order valence-corrected chi connectivity index (χ3v) is 3.36. The summed E-state index contributed by atoms with van der Waals surface area (Å²) >= 11 is 0. The van der Waals surface area contributed by atoms with E-state index >= 15 is 0 Å². The summed E-state index contributed by atoms with van der Waals surface area (Å²) in [5, 5.41) is 0. The first-order chi connectivity index (χ1) is 7.58. The van der Waals surface area contributed by atoms with Gasteiger partial charge in [0.2, 0.25) is 0 Å². The Hall–Kier alpha value is -1.37. The molecule has 0 aliphatic heterocycles. The van der Waals surface area contributed by atoms with Crippen molar-refractivity contribution >= 4 is 5.78 Å². The van der Waals surface area contributed by atoms with Crippen LogP contribution in [-0.4, -0.2) is 5.78 Å². The van der Waals surface area contributed by atoms with Gasteiger partial charge in [0.1, 0.15) is 0 Å². The zero-order valence-corrected chi connectivity index (χ0v) is 10.4. The molecule has 86 valence electrons. The molecule has 0 saturated heterocycles. The van der Waals surface area contributed by atoms with Crippen LogP contribution in [0, 0.1) is 0 Å². The van der Waals surface area contributed by atoms with Crippen LogP contribution >= 0.6 is 0 Å². The van der Waals surface area contributed by atoms with E-state index in [0.717, 1.165) is 18.4 Å². The van der Waals surface area contributed by atoms with Crippen molar-refractivity contribution in [2.75, 3.05) is 0 Å². The largest absolute Gasteiger partial charge is 0.294 e. The second-order valence-corrected chi connectivity index (χ2v) is 4.26. The monoisotopic (exact) mass is 216 g/mol. The number of hydrogen-bond donors (Lipinski definition) is 0. The van der Waals surface area contributed by atoms with Gasteiger partial charge >= 0.3 is 0 Å². The van der Waals surface area contributed by atoms with Gasteiger partial charge in [-0.05, 0) is 30.9 Å². The van der Waals surface area contributed by atoms with E-state index in [-0.39, 0.29) is 11.2 Å². The van der Waals surface area contributed by atoms with Crippen LogP contribution in [0.4, 0.5) is 0 Å².